The Balaban J connectivity index is 1.89. The van der Waals surface area contributed by atoms with E-state index in [0.29, 0.717) is 0 Å². The fraction of sp³-hybridized carbons (Fsp3) is 0.667. The molecule has 2 rings (SSSR count). The average molecular weight is 204 g/mol. The number of hydrazine groups is 1. The zero-order valence-electron chi connectivity index (χ0n) is 5.70. The Morgan fingerprint density at radius 2 is 2.00 bits per heavy atom. The highest BCUT2D eigenvalue weighted by atomic mass is 79.9. The molecule has 0 bridgehead atoms. The first-order valence-corrected chi connectivity index (χ1v) is 4.19. The maximum Gasteiger partial charge on any atom is 0.115 e. The minimum absolute atomic E-state index is 0.944. The van der Waals surface area contributed by atoms with E-state index >= 15 is 0 Å². The van der Waals surface area contributed by atoms with E-state index < -0.39 is 0 Å². The second-order valence-electron chi connectivity index (χ2n) is 2.59. The summed E-state index contributed by atoms with van der Waals surface area (Å²) in [6, 6.07) is 0. The predicted molar refractivity (Wildman–Crippen MR) is 42.8 cm³/mol. The van der Waals surface area contributed by atoms with Crippen LogP contribution >= 0.6 is 16.1 Å². The molecule has 56 valence electrons. The lowest BCUT2D eigenvalue weighted by atomic mass is 10.3. The van der Waals surface area contributed by atoms with Crippen LogP contribution in [0.1, 0.15) is 6.42 Å². The lowest BCUT2D eigenvalue weighted by Gasteiger charge is -2.38. The van der Waals surface area contributed by atoms with Crippen LogP contribution < -0.4 is 0 Å². The molecule has 10 heavy (non-hydrogen) atoms. The molecule has 0 spiro atoms. The molecule has 2 aliphatic heterocycles. The van der Waals surface area contributed by atoms with Gasteiger partial charge in [-0.1, -0.05) is 0 Å². The molecule has 2 heterocycles. The van der Waals surface area contributed by atoms with Crippen LogP contribution in [-0.4, -0.2) is 33.7 Å². The number of hydrogen-bond donors (Lipinski definition) is 0. The van der Waals surface area contributed by atoms with Gasteiger partial charge in [0.1, 0.15) is 6.67 Å². The van der Waals surface area contributed by atoms with E-state index in [2.05, 4.69) is 32.4 Å². The summed E-state index contributed by atoms with van der Waals surface area (Å²) in [5.74, 6) is 0. The first-order valence-electron chi connectivity index (χ1n) is 3.48. The first kappa shape index (κ1) is 6.49. The Bertz CT molecular complexity index is 155. The van der Waals surface area contributed by atoms with Crippen LogP contribution in [0, 0.1) is 0 Å². The zero-order valence-corrected chi connectivity index (χ0v) is 7.29. The standard InChI is InChI=1S/C6H10BrN3/c7-8-4-5-10(6-8)9-2-1-3-9/h4-5H,1-3,6H2. The number of hydrogen-bond acceptors (Lipinski definition) is 3. The van der Waals surface area contributed by atoms with E-state index in [-0.39, 0.29) is 0 Å². The third-order valence-corrected chi connectivity index (χ3v) is 2.34. The third kappa shape index (κ3) is 1.01. The molecule has 0 atom stereocenters. The van der Waals surface area contributed by atoms with Gasteiger partial charge in [0.2, 0.25) is 0 Å². The largest absolute Gasteiger partial charge is 0.294 e. The molecular formula is C6H10BrN3. The molecule has 0 aromatic rings. The predicted octanol–water partition coefficient (Wildman–Crippen LogP) is 0.963. The Morgan fingerprint density at radius 1 is 1.20 bits per heavy atom. The van der Waals surface area contributed by atoms with Crippen molar-refractivity contribution in [3.63, 3.8) is 0 Å². The maximum absolute atomic E-state index is 3.38. The van der Waals surface area contributed by atoms with Crippen LogP contribution in [0.3, 0.4) is 0 Å². The van der Waals surface area contributed by atoms with Crippen molar-refractivity contribution in [2.24, 2.45) is 0 Å². The van der Waals surface area contributed by atoms with Gasteiger partial charge in [-0.15, -0.1) is 0 Å². The Kier molecular flexibility index (Phi) is 1.58. The molecule has 0 N–H and O–H groups in total. The Hall–Kier alpha value is -0.220. The van der Waals surface area contributed by atoms with E-state index in [1.807, 2.05) is 10.1 Å². The summed E-state index contributed by atoms with van der Waals surface area (Å²) in [5, 5.41) is 4.55. The van der Waals surface area contributed by atoms with Crippen molar-refractivity contribution >= 4 is 16.1 Å². The molecule has 2 aliphatic rings. The highest BCUT2D eigenvalue weighted by Gasteiger charge is 2.22. The lowest BCUT2D eigenvalue weighted by molar-refractivity contribution is -0.0348. The van der Waals surface area contributed by atoms with Crippen LogP contribution in [0.5, 0.6) is 0 Å². The van der Waals surface area contributed by atoms with Gasteiger partial charge in [-0.3, -0.25) is 8.93 Å². The molecule has 0 unspecified atom stereocenters. The number of nitrogens with zero attached hydrogens (tertiary/aromatic N) is 3. The molecule has 0 aliphatic carbocycles. The summed E-state index contributed by atoms with van der Waals surface area (Å²) in [6.45, 7) is 3.37. The van der Waals surface area contributed by atoms with Gasteiger partial charge in [0.15, 0.2) is 0 Å². The van der Waals surface area contributed by atoms with Crippen molar-refractivity contribution in [2.75, 3.05) is 19.8 Å². The van der Waals surface area contributed by atoms with E-state index in [9.17, 15) is 0 Å². The van der Waals surface area contributed by atoms with Gasteiger partial charge in [-0.25, -0.2) is 5.01 Å². The summed E-state index contributed by atoms with van der Waals surface area (Å²) in [6.07, 6.45) is 5.46. The Morgan fingerprint density at radius 3 is 2.40 bits per heavy atom. The van der Waals surface area contributed by atoms with Crippen LogP contribution in [0.2, 0.25) is 0 Å². The summed E-state index contributed by atoms with van der Waals surface area (Å²) < 4.78 is 1.99. The summed E-state index contributed by atoms with van der Waals surface area (Å²) >= 11 is 3.38. The van der Waals surface area contributed by atoms with Crippen LogP contribution in [0.4, 0.5) is 0 Å². The summed E-state index contributed by atoms with van der Waals surface area (Å²) in [7, 11) is 0. The van der Waals surface area contributed by atoms with Crippen molar-refractivity contribution in [2.45, 2.75) is 6.42 Å². The zero-order chi connectivity index (χ0) is 6.97. The molecule has 1 saturated heterocycles. The highest BCUT2D eigenvalue weighted by Crippen LogP contribution is 2.17. The third-order valence-electron chi connectivity index (χ3n) is 1.88. The second kappa shape index (κ2) is 2.43. The molecule has 4 heteroatoms. The van der Waals surface area contributed by atoms with Gasteiger partial charge in [0.05, 0.1) is 16.1 Å². The van der Waals surface area contributed by atoms with Crippen molar-refractivity contribution in [3.8, 4) is 0 Å². The smallest absolute Gasteiger partial charge is 0.115 e. The first-order chi connectivity index (χ1) is 4.86. The lowest BCUT2D eigenvalue weighted by Crippen LogP contribution is -2.48. The summed E-state index contributed by atoms with van der Waals surface area (Å²) in [5.41, 5.74) is 0. The minimum Gasteiger partial charge on any atom is -0.294 e. The van der Waals surface area contributed by atoms with Crippen molar-refractivity contribution in [3.05, 3.63) is 12.4 Å². The summed E-state index contributed by atoms with van der Waals surface area (Å²) in [4.78, 5) is 0. The van der Waals surface area contributed by atoms with Crippen molar-refractivity contribution in [1.82, 2.24) is 13.9 Å². The molecule has 0 amide bonds. The highest BCUT2D eigenvalue weighted by molar-refractivity contribution is 9.07. The average Bonchev–Trinajstić information content (AvgIpc) is 2.10. The van der Waals surface area contributed by atoms with Crippen molar-refractivity contribution < 1.29 is 0 Å². The molecular weight excluding hydrogens is 194 g/mol. The topological polar surface area (TPSA) is 9.72 Å². The van der Waals surface area contributed by atoms with E-state index in [0.717, 1.165) is 6.67 Å². The molecule has 0 saturated carbocycles. The number of halogens is 1. The van der Waals surface area contributed by atoms with E-state index in [4.69, 9.17) is 0 Å². The molecule has 1 fully saturated rings. The fourth-order valence-corrected chi connectivity index (χ4v) is 1.46. The van der Waals surface area contributed by atoms with Gasteiger partial charge < -0.3 is 0 Å². The monoisotopic (exact) mass is 203 g/mol. The number of rotatable bonds is 1. The molecule has 0 aromatic heterocycles. The quantitative estimate of drug-likeness (QED) is 0.589. The van der Waals surface area contributed by atoms with Gasteiger partial charge in [-0.05, 0) is 6.42 Å². The van der Waals surface area contributed by atoms with Crippen molar-refractivity contribution in [1.29, 1.82) is 0 Å². The Labute approximate surface area is 69.2 Å². The SMILES string of the molecule is BrN1C=CN(N2CCC2)C1. The van der Waals surface area contributed by atoms with E-state index in [1.54, 1.807) is 0 Å². The normalized spacial score (nSPS) is 25.7. The van der Waals surface area contributed by atoms with Crippen LogP contribution in [-0.2, 0) is 0 Å². The van der Waals surface area contributed by atoms with Gasteiger partial charge in [0.25, 0.3) is 0 Å². The minimum atomic E-state index is 0.944. The van der Waals surface area contributed by atoms with Crippen LogP contribution in [0.15, 0.2) is 12.4 Å². The van der Waals surface area contributed by atoms with Crippen LogP contribution in [0.25, 0.3) is 0 Å². The van der Waals surface area contributed by atoms with E-state index in [1.165, 1.54) is 19.5 Å². The molecule has 3 nitrogen and oxygen atoms in total. The molecule has 0 aromatic carbocycles. The molecule has 0 radical (unpaired) electrons. The maximum atomic E-state index is 3.38. The van der Waals surface area contributed by atoms with Gasteiger partial charge >= 0.3 is 0 Å². The van der Waals surface area contributed by atoms with Gasteiger partial charge in [0, 0.05) is 25.5 Å². The second-order valence-corrected chi connectivity index (χ2v) is 3.50. The fourth-order valence-electron chi connectivity index (χ4n) is 1.12. The van der Waals surface area contributed by atoms with Gasteiger partial charge in [-0.2, -0.15) is 0 Å².